The lowest BCUT2D eigenvalue weighted by molar-refractivity contribution is 0.0494. The number of nitrogens with two attached hydrogens (primary N) is 1. The topological polar surface area (TPSA) is 80.3 Å². The van der Waals surface area contributed by atoms with Gasteiger partial charge in [-0.3, -0.25) is 4.90 Å². The molecule has 3 N–H and O–H groups in total. The van der Waals surface area contributed by atoms with Gasteiger partial charge in [0.1, 0.15) is 0 Å². The van der Waals surface area contributed by atoms with E-state index in [2.05, 4.69) is 10.1 Å². The highest BCUT2D eigenvalue weighted by Gasteiger charge is 2.25. The molecule has 6 nitrogen and oxygen atoms in total. The van der Waals surface area contributed by atoms with Crippen LogP contribution in [0, 0.1) is 0 Å². The average Bonchev–Trinajstić information content (AvgIpc) is 2.38. The van der Waals surface area contributed by atoms with Crippen LogP contribution in [0.5, 0.6) is 0 Å². The SMILES string of the molecule is COCCOCCN1CCCCC1C(N)=NO. The molecule has 1 heterocycles. The van der Waals surface area contributed by atoms with Crippen LogP contribution in [0.25, 0.3) is 0 Å². The average molecular weight is 245 g/mol. The van der Waals surface area contributed by atoms with Crippen molar-refractivity contribution in [3.8, 4) is 0 Å². The Morgan fingerprint density at radius 1 is 1.41 bits per heavy atom. The molecule has 0 radical (unpaired) electrons. The summed E-state index contributed by atoms with van der Waals surface area (Å²) in [4.78, 5) is 2.21. The monoisotopic (exact) mass is 245 g/mol. The van der Waals surface area contributed by atoms with Crippen LogP contribution in [0.4, 0.5) is 0 Å². The number of likely N-dealkylation sites (tertiary alicyclic amines) is 1. The lowest BCUT2D eigenvalue weighted by Crippen LogP contribution is -2.48. The summed E-state index contributed by atoms with van der Waals surface area (Å²) in [6, 6.07) is 0.0553. The highest BCUT2D eigenvalue weighted by Crippen LogP contribution is 2.16. The third-order valence-corrected chi connectivity index (χ3v) is 3.03. The Morgan fingerprint density at radius 3 is 2.94 bits per heavy atom. The van der Waals surface area contributed by atoms with Gasteiger partial charge in [0.25, 0.3) is 0 Å². The van der Waals surface area contributed by atoms with Gasteiger partial charge in [0.15, 0.2) is 5.84 Å². The molecule has 0 amide bonds. The first-order valence-corrected chi connectivity index (χ1v) is 6.07. The van der Waals surface area contributed by atoms with Crippen molar-refractivity contribution in [3.63, 3.8) is 0 Å². The molecule has 1 saturated heterocycles. The quantitative estimate of drug-likeness (QED) is 0.221. The minimum atomic E-state index is 0.0553. The molecule has 17 heavy (non-hydrogen) atoms. The van der Waals surface area contributed by atoms with E-state index in [0.29, 0.717) is 25.7 Å². The number of methoxy groups -OCH3 is 1. The van der Waals surface area contributed by atoms with Crippen molar-refractivity contribution in [1.82, 2.24) is 4.90 Å². The van der Waals surface area contributed by atoms with E-state index in [-0.39, 0.29) is 6.04 Å². The molecule has 1 unspecified atom stereocenters. The van der Waals surface area contributed by atoms with Gasteiger partial charge in [0.2, 0.25) is 0 Å². The van der Waals surface area contributed by atoms with Crippen LogP contribution >= 0.6 is 0 Å². The van der Waals surface area contributed by atoms with Crippen molar-refractivity contribution in [2.45, 2.75) is 25.3 Å². The number of oxime groups is 1. The lowest BCUT2D eigenvalue weighted by Gasteiger charge is -2.34. The number of piperidine rings is 1. The van der Waals surface area contributed by atoms with E-state index in [1.54, 1.807) is 7.11 Å². The minimum absolute atomic E-state index is 0.0553. The van der Waals surface area contributed by atoms with Crippen LogP contribution < -0.4 is 5.73 Å². The third-order valence-electron chi connectivity index (χ3n) is 3.03. The van der Waals surface area contributed by atoms with Crippen LogP contribution in [0.2, 0.25) is 0 Å². The maximum Gasteiger partial charge on any atom is 0.156 e. The maximum absolute atomic E-state index is 8.73. The smallest absolute Gasteiger partial charge is 0.156 e. The zero-order valence-corrected chi connectivity index (χ0v) is 10.5. The summed E-state index contributed by atoms with van der Waals surface area (Å²) in [5.74, 6) is 0.307. The first-order chi connectivity index (χ1) is 8.29. The Balaban J connectivity index is 2.28. The second kappa shape index (κ2) is 8.27. The molecule has 0 bridgehead atoms. The fourth-order valence-corrected chi connectivity index (χ4v) is 2.09. The molecule has 1 rings (SSSR count). The summed E-state index contributed by atoms with van der Waals surface area (Å²) in [7, 11) is 1.66. The summed E-state index contributed by atoms with van der Waals surface area (Å²) < 4.78 is 10.3. The van der Waals surface area contributed by atoms with Crippen molar-refractivity contribution in [2.75, 3.05) is 40.0 Å². The molecule has 100 valence electrons. The Labute approximate surface area is 102 Å². The van der Waals surface area contributed by atoms with Gasteiger partial charge < -0.3 is 20.4 Å². The predicted molar refractivity (Wildman–Crippen MR) is 65.3 cm³/mol. The molecule has 1 aliphatic heterocycles. The number of hydrogen-bond donors (Lipinski definition) is 2. The zero-order valence-electron chi connectivity index (χ0n) is 10.5. The molecular weight excluding hydrogens is 222 g/mol. The molecular formula is C11H23N3O3. The first-order valence-electron chi connectivity index (χ1n) is 6.07. The summed E-state index contributed by atoms with van der Waals surface area (Å²) >= 11 is 0. The van der Waals surface area contributed by atoms with E-state index >= 15 is 0 Å². The molecule has 6 heteroatoms. The molecule has 1 atom stereocenters. The second-order valence-electron chi connectivity index (χ2n) is 4.18. The van der Waals surface area contributed by atoms with E-state index in [4.69, 9.17) is 20.4 Å². The van der Waals surface area contributed by atoms with Gasteiger partial charge in [-0.2, -0.15) is 0 Å². The standard InChI is InChI=1S/C11H23N3O3/c1-16-8-9-17-7-6-14-5-3-2-4-10(14)11(12)13-15/h10,15H,2-9H2,1H3,(H2,12,13). The molecule has 0 aliphatic carbocycles. The van der Waals surface area contributed by atoms with Gasteiger partial charge in [-0.05, 0) is 19.4 Å². The Kier molecular flexibility index (Phi) is 6.91. The molecule has 0 saturated carbocycles. The molecule has 0 aromatic carbocycles. The van der Waals surface area contributed by atoms with E-state index in [0.717, 1.165) is 32.4 Å². The normalized spacial score (nSPS) is 22.9. The van der Waals surface area contributed by atoms with Crippen molar-refractivity contribution >= 4 is 5.84 Å². The largest absolute Gasteiger partial charge is 0.409 e. The highest BCUT2D eigenvalue weighted by atomic mass is 16.5. The number of hydrogen-bond acceptors (Lipinski definition) is 5. The van der Waals surface area contributed by atoms with Crippen molar-refractivity contribution in [1.29, 1.82) is 0 Å². The Hall–Kier alpha value is -0.850. The van der Waals surface area contributed by atoms with Gasteiger partial charge in [-0.25, -0.2) is 0 Å². The van der Waals surface area contributed by atoms with E-state index in [1.165, 1.54) is 0 Å². The molecule has 0 aromatic heterocycles. The van der Waals surface area contributed by atoms with Gasteiger partial charge in [0, 0.05) is 13.7 Å². The molecule has 0 aromatic rings. The van der Waals surface area contributed by atoms with Crippen LogP contribution in [0.1, 0.15) is 19.3 Å². The highest BCUT2D eigenvalue weighted by molar-refractivity contribution is 5.85. The Morgan fingerprint density at radius 2 is 2.24 bits per heavy atom. The molecule has 1 fully saturated rings. The van der Waals surface area contributed by atoms with Crippen LogP contribution in [-0.2, 0) is 9.47 Å². The van der Waals surface area contributed by atoms with Crippen LogP contribution in [0.15, 0.2) is 5.16 Å². The van der Waals surface area contributed by atoms with E-state index in [9.17, 15) is 0 Å². The number of nitrogens with zero attached hydrogens (tertiary/aromatic N) is 2. The van der Waals surface area contributed by atoms with Gasteiger partial charge in [-0.1, -0.05) is 11.6 Å². The van der Waals surface area contributed by atoms with Gasteiger partial charge in [-0.15, -0.1) is 0 Å². The molecule has 1 aliphatic rings. The minimum Gasteiger partial charge on any atom is -0.409 e. The maximum atomic E-state index is 8.73. The van der Waals surface area contributed by atoms with Crippen molar-refractivity contribution < 1.29 is 14.7 Å². The first kappa shape index (κ1) is 14.2. The zero-order chi connectivity index (χ0) is 12.5. The molecule has 0 spiro atoms. The predicted octanol–water partition coefficient (Wildman–Crippen LogP) is 0.250. The van der Waals surface area contributed by atoms with Crippen LogP contribution in [0.3, 0.4) is 0 Å². The number of ether oxygens (including phenoxy) is 2. The van der Waals surface area contributed by atoms with Crippen molar-refractivity contribution in [2.24, 2.45) is 10.9 Å². The Bertz CT molecular complexity index is 236. The van der Waals surface area contributed by atoms with Gasteiger partial charge >= 0.3 is 0 Å². The summed E-state index contributed by atoms with van der Waals surface area (Å²) in [6.07, 6.45) is 3.24. The van der Waals surface area contributed by atoms with Crippen LogP contribution in [-0.4, -0.2) is 62.0 Å². The third kappa shape index (κ3) is 4.89. The van der Waals surface area contributed by atoms with E-state index < -0.39 is 0 Å². The fourth-order valence-electron chi connectivity index (χ4n) is 2.09. The van der Waals surface area contributed by atoms with Gasteiger partial charge in [0.05, 0.1) is 25.9 Å². The number of amidine groups is 1. The number of rotatable bonds is 7. The lowest BCUT2D eigenvalue weighted by atomic mass is 10.0. The van der Waals surface area contributed by atoms with E-state index in [1.807, 2.05) is 0 Å². The summed E-state index contributed by atoms with van der Waals surface area (Å²) in [5.41, 5.74) is 5.69. The van der Waals surface area contributed by atoms with Crippen molar-refractivity contribution in [3.05, 3.63) is 0 Å². The summed E-state index contributed by atoms with van der Waals surface area (Å²) in [6.45, 7) is 3.67. The fraction of sp³-hybridized carbons (Fsp3) is 0.909. The summed E-state index contributed by atoms with van der Waals surface area (Å²) in [5, 5.41) is 11.8. The second-order valence-corrected chi connectivity index (χ2v) is 4.18.